The molecule has 10 heteroatoms. The van der Waals surface area contributed by atoms with E-state index < -0.39 is 18.4 Å². The number of nitrogens with one attached hydrogen (secondary N) is 2. The second kappa shape index (κ2) is 12.9. The van der Waals surface area contributed by atoms with Gasteiger partial charge in [0.1, 0.15) is 18.8 Å². The van der Waals surface area contributed by atoms with Crippen molar-refractivity contribution in [3.05, 3.63) is 35.4 Å². The van der Waals surface area contributed by atoms with Gasteiger partial charge < -0.3 is 20.1 Å². The number of guanidine groups is 1. The maximum absolute atomic E-state index is 12.1. The summed E-state index contributed by atoms with van der Waals surface area (Å²) >= 11 is 0. The molecular formula is C19H29F3IN3O3. The van der Waals surface area contributed by atoms with Crippen molar-refractivity contribution < 1.29 is 27.4 Å². The summed E-state index contributed by atoms with van der Waals surface area (Å²) in [6, 6.07) is 6.94. The molecule has 0 aliphatic heterocycles. The number of carbonyl (C=O) groups is 1. The first-order valence-electron chi connectivity index (χ1n) is 8.95. The molecule has 2 N–H and O–H groups in total. The van der Waals surface area contributed by atoms with Crippen LogP contribution in [-0.2, 0) is 27.4 Å². The molecule has 0 aromatic heterocycles. The van der Waals surface area contributed by atoms with Crippen molar-refractivity contribution in [2.45, 2.75) is 52.6 Å². The van der Waals surface area contributed by atoms with Gasteiger partial charge in [0, 0.05) is 6.54 Å². The highest BCUT2D eigenvalue weighted by molar-refractivity contribution is 14.0. The van der Waals surface area contributed by atoms with Crippen LogP contribution in [0.25, 0.3) is 0 Å². The van der Waals surface area contributed by atoms with Gasteiger partial charge in [-0.3, -0.25) is 4.79 Å². The molecule has 0 spiro atoms. The zero-order valence-electron chi connectivity index (χ0n) is 17.1. The lowest BCUT2D eigenvalue weighted by atomic mass is 10.1. The Morgan fingerprint density at radius 2 is 1.66 bits per heavy atom. The molecule has 0 saturated carbocycles. The molecule has 0 fully saturated rings. The van der Waals surface area contributed by atoms with Crippen LogP contribution in [0.2, 0.25) is 0 Å². The average Bonchev–Trinajstić information content (AvgIpc) is 2.56. The summed E-state index contributed by atoms with van der Waals surface area (Å²) in [5.74, 6) is 0.0762. The third-order valence-corrected chi connectivity index (χ3v) is 3.14. The molecule has 29 heavy (non-hydrogen) atoms. The minimum absolute atomic E-state index is 0. The van der Waals surface area contributed by atoms with E-state index in [0.717, 1.165) is 5.56 Å². The van der Waals surface area contributed by atoms with E-state index in [1.807, 2.05) is 6.92 Å². The van der Waals surface area contributed by atoms with Crippen molar-refractivity contribution in [2.75, 3.05) is 19.7 Å². The zero-order chi connectivity index (χ0) is 21.2. The molecule has 0 radical (unpaired) electrons. The second-order valence-corrected chi connectivity index (χ2v) is 7.06. The fourth-order valence-corrected chi connectivity index (χ4v) is 2.07. The molecule has 0 unspecified atom stereocenters. The topological polar surface area (TPSA) is 72.0 Å². The number of hydrogen-bond acceptors (Lipinski definition) is 4. The highest BCUT2D eigenvalue weighted by Gasteiger charge is 2.27. The van der Waals surface area contributed by atoms with Crippen molar-refractivity contribution >= 4 is 35.9 Å². The number of alkyl halides is 3. The Morgan fingerprint density at radius 3 is 2.17 bits per heavy atom. The molecule has 0 saturated heterocycles. The van der Waals surface area contributed by atoms with Gasteiger partial charge in [-0.25, -0.2) is 4.99 Å². The van der Waals surface area contributed by atoms with Gasteiger partial charge in [0.25, 0.3) is 0 Å². The van der Waals surface area contributed by atoms with Gasteiger partial charge in [-0.15, -0.1) is 24.0 Å². The average molecular weight is 531 g/mol. The molecule has 1 aromatic rings. The number of esters is 1. The lowest BCUT2D eigenvalue weighted by Gasteiger charge is -2.20. The van der Waals surface area contributed by atoms with Crippen LogP contribution in [0.4, 0.5) is 13.2 Å². The Hall–Kier alpha value is -1.56. The second-order valence-electron chi connectivity index (χ2n) is 7.06. The van der Waals surface area contributed by atoms with E-state index in [1.54, 1.807) is 45.0 Å². The predicted molar refractivity (Wildman–Crippen MR) is 116 cm³/mol. The fraction of sp³-hybridized carbons (Fsp3) is 0.579. The van der Waals surface area contributed by atoms with Crippen LogP contribution in [-0.4, -0.2) is 43.4 Å². The summed E-state index contributed by atoms with van der Waals surface area (Å²) < 4.78 is 46.1. The van der Waals surface area contributed by atoms with Crippen molar-refractivity contribution in [3.8, 4) is 0 Å². The molecule has 0 aliphatic carbocycles. The van der Waals surface area contributed by atoms with Gasteiger partial charge in [-0.05, 0) is 38.8 Å². The van der Waals surface area contributed by atoms with Crippen LogP contribution in [0, 0.1) is 0 Å². The molecule has 0 bridgehead atoms. The predicted octanol–water partition coefficient (Wildman–Crippen LogP) is 3.78. The van der Waals surface area contributed by atoms with E-state index in [-0.39, 0.29) is 43.1 Å². The van der Waals surface area contributed by atoms with Crippen LogP contribution in [0.5, 0.6) is 0 Å². The van der Waals surface area contributed by atoms with Crippen LogP contribution >= 0.6 is 24.0 Å². The number of ether oxygens (including phenoxy) is 2. The van der Waals surface area contributed by atoms with Gasteiger partial charge in [-0.2, -0.15) is 13.2 Å². The van der Waals surface area contributed by atoms with Gasteiger partial charge >= 0.3 is 12.1 Å². The number of halogens is 4. The molecule has 1 aromatic carbocycles. The van der Waals surface area contributed by atoms with Gasteiger partial charge in [0.15, 0.2) is 5.96 Å². The van der Waals surface area contributed by atoms with E-state index >= 15 is 0 Å². The van der Waals surface area contributed by atoms with E-state index in [4.69, 9.17) is 4.74 Å². The van der Waals surface area contributed by atoms with Crippen LogP contribution in [0.15, 0.2) is 29.3 Å². The number of carbonyl (C=O) groups excluding carboxylic acids is 1. The third kappa shape index (κ3) is 14.1. The molecular weight excluding hydrogens is 502 g/mol. The Kier molecular flexibility index (Phi) is 12.2. The van der Waals surface area contributed by atoms with Crippen LogP contribution in [0.1, 0.15) is 38.8 Å². The number of rotatable bonds is 8. The van der Waals surface area contributed by atoms with Crippen molar-refractivity contribution in [3.63, 3.8) is 0 Å². The van der Waals surface area contributed by atoms with Crippen molar-refractivity contribution in [2.24, 2.45) is 4.99 Å². The number of aliphatic imine (C=N–C) groups is 1. The first-order chi connectivity index (χ1) is 13.0. The first-order valence-corrected chi connectivity index (χ1v) is 8.95. The summed E-state index contributed by atoms with van der Waals surface area (Å²) in [6.45, 7) is 6.85. The zero-order valence-corrected chi connectivity index (χ0v) is 19.4. The van der Waals surface area contributed by atoms with Gasteiger partial charge in [0.2, 0.25) is 0 Å². The number of nitrogens with zero attached hydrogens (tertiary/aromatic N) is 1. The Labute approximate surface area is 186 Å². The molecule has 0 heterocycles. The molecule has 6 nitrogen and oxygen atoms in total. The maximum Gasteiger partial charge on any atom is 0.411 e. The monoisotopic (exact) mass is 531 g/mol. The SMILES string of the molecule is CCNC(=NCc1ccc(COCC(F)(F)F)cc1)NCC(=O)OC(C)(C)C.I. The maximum atomic E-state index is 12.1. The van der Waals surface area contributed by atoms with Crippen LogP contribution < -0.4 is 10.6 Å². The Balaban J connectivity index is 0.00000784. The summed E-state index contributed by atoms with van der Waals surface area (Å²) in [5, 5.41) is 5.93. The summed E-state index contributed by atoms with van der Waals surface area (Å²) in [7, 11) is 0. The van der Waals surface area contributed by atoms with E-state index in [9.17, 15) is 18.0 Å². The lowest BCUT2D eigenvalue weighted by molar-refractivity contribution is -0.176. The minimum atomic E-state index is -4.33. The standard InChI is InChI=1S/C19H28F3N3O3.HI/c1-5-23-17(25-11-16(26)28-18(2,3)4)24-10-14-6-8-15(9-7-14)12-27-13-19(20,21)22;/h6-9H,5,10-13H2,1-4H3,(H2,23,24,25);1H. The van der Waals surface area contributed by atoms with E-state index in [1.165, 1.54) is 0 Å². The number of benzene rings is 1. The largest absolute Gasteiger partial charge is 0.459 e. The third-order valence-electron chi connectivity index (χ3n) is 3.14. The molecule has 0 amide bonds. The first kappa shape index (κ1) is 27.4. The lowest BCUT2D eigenvalue weighted by Crippen LogP contribution is -2.41. The number of hydrogen-bond donors (Lipinski definition) is 2. The van der Waals surface area contributed by atoms with Crippen LogP contribution in [0.3, 0.4) is 0 Å². The van der Waals surface area contributed by atoms with E-state index in [0.29, 0.717) is 24.6 Å². The molecule has 0 atom stereocenters. The van der Waals surface area contributed by atoms with Crippen molar-refractivity contribution in [1.29, 1.82) is 0 Å². The Morgan fingerprint density at radius 1 is 1.07 bits per heavy atom. The van der Waals surface area contributed by atoms with Gasteiger partial charge in [0.05, 0.1) is 13.2 Å². The summed E-state index contributed by atoms with van der Waals surface area (Å²) in [5.41, 5.74) is 0.959. The fourth-order valence-electron chi connectivity index (χ4n) is 2.07. The van der Waals surface area contributed by atoms with E-state index in [2.05, 4.69) is 20.4 Å². The summed E-state index contributed by atoms with van der Waals surface area (Å²) in [6.07, 6.45) is -4.33. The smallest absolute Gasteiger partial charge is 0.411 e. The Bertz CT molecular complexity index is 645. The quantitative estimate of drug-likeness (QED) is 0.231. The highest BCUT2D eigenvalue weighted by atomic mass is 127. The normalized spacial score (nSPS) is 12.2. The van der Waals surface area contributed by atoms with Gasteiger partial charge in [-0.1, -0.05) is 24.3 Å². The van der Waals surface area contributed by atoms with Crippen molar-refractivity contribution in [1.82, 2.24) is 10.6 Å². The molecule has 1 rings (SSSR count). The minimum Gasteiger partial charge on any atom is -0.459 e. The highest BCUT2D eigenvalue weighted by Crippen LogP contribution is 2.16. The molecule has 0 aliphatic rings. The molecule has 166 valence electrons. The summed E-state index contributed by atoms with van der Waals surface area (Å²) in [4.78, 5) is 16.2.